The molecule has 4 heterocycles. The second-order valence-electron chi connectivity index (χ2n) is 10.9. The third kappa shape index (κ3) is 4.31. The minimum atomic E-state index is -0.665. The van der Waals surface area contributed by atoms with Crippen LogP contribution in [0.5, 0.6) is 5.88 Å². The quantitative estimate of drug-likeness (QED) is 0.525. The fourth-order valence-electron chi connectivity index (χ4n) is 5.70. The van der Waals surface area contributed by atoms with Crippen LogP contribution in [-0.2, 0) is 11.3 Å². The molecule has 3 fully saturated rings. The van der Waals surface area contributed by atoms with Gasteiger partial charge in [-0.15, -0.1) is 0 Å². The van der Waals surface area contributed by atoms with Gasteiger partial charge >= 0.3 is 0 Å². The number of carbonyl (C=O) groups is 2. The number of fused-ring (bicyclic) bond motifs is 1. The fraction of sp³-hybridized carbons (Fsp3) is 0.615. The number of piperidine rings is 1. The molecule has 0 radical (unpaired) electrons. The number of hydrogen-bond acceptors (Lipinski definition) is 6. The van der Waals surface area contributed by atoms with E-state index in [0.29, 0.717) is 23.4 Å². The number of amides is 2. The molecule has 3 N–H and O–H groups in total. The molecule has 2 aromatic rings. The van der Waals surface area contributed by atoms with E-state index in [1.807, 2.05) is 18.7 Å². The largest absolute Gasteiger partial charge is 0.494 e. The summed E-state index contributed by atoms with van der Waals surface area (Å²) in [6.07, 6.45) is 9.04. The average molecular weight is 497 g/mol. The van der Waals surface area contributed by atoms with E-state index in [9.17, 15) is 19.5 Å². The van der Waals surface area contributed by atoms with E-state index < -0.39 is 11.5 Å². The first-order valence-corrected chi connectivity index (χ1v) is 13.1. The number of aryl methyl sites for hydroxylation is 1. The highest BCUT2D eigenvalue weighted by Crippen LogP contribution is 2.35. The normalized spacial score (nSPS) is 22.4. The zero-order chi connectivity index (χ0) is 25.6. The maximum absolute atomic E-state index is 13.3. The first-order chi connectivity index (χ1) is 17.2. The Labute approximate surface area is 210 Å². The molecule has 0 aromatic carbocycles. The van der Waals surface area contributed by atoms with Gasteiger partial charge in [-0.25, -0.2) is 0 Å². The topological polar surface area (TPSA) is 121 Å². The van der Waals surface area contributed by atoms with E-state index in [-0.39, 0.29) is 34.8 Å². The summed E-state index contributed by atoms with van der Waals surface area (Å²) in [6.45, 7) is 8.65. The van der Waals surface area contributed by atoms with Gasteiger partial charge in [-0.05, 0) is 64.0 Å². The van der Waals surface area contributed by atoms with Crippen molar-refractivity contribution >= 4 is 23.5 Å². The van der Waals surface area contributed by atoms with Gasteiger partial charge in [0.15, 0.2) is 5.56 Å². The number of hydrogen-bond donors (Lipinski definition) is 3. The Kier molecular flexibility index (Phi) is 6.40. The van der Waals surface area contributed by atoms with Crippen LogP contribution in [0, 0.1) is 12.8 Å². The molecular formula is C26H36N6O4. The molecule has 3 aliphatic rings. The summed E-state index contributed by atoms with van der Waals surface area (Å²) >= 11 is 0. The minimum Gasteiger partial charge on any atom is -0.494 e. The van der Waals surface area contributed by atoms with Gasteiger partial charge in [-0.1, -0.05) is 13.8 Å². The number of aromatic hydroxyl groups is 1. The average Bonchev–Trinajstić information content (AvgIpc) is 3.46. The molecule has 2 aromatic heterocycles. The Morgan fingerprint density at radius 1 is 1.28 bits per heavy atom. The number of nitrogens with zero attached hydrogens (tertiary/aromatic N) is 4. The van der Waals surface area contributed by atoms with Crippen molar-refractivity contribution in [3.63, 3.8) is 0 Å². The van der Waals surface area contributed by atoms with Crippen LogP contribution in [0.2, 0.25) is 0 Å². The van der Waals surface area contributed by atoms with Crippen molar-refractivity contribution in [3.8, 4) is 5.88 Å². The van der Waals surface area contributed by atoms with E-state index in [0.717, 1.165) is 58.2 Å². The highest BCUT2D eigenvalue weighted by molar-refractivity contribution is 5.97. The van der Waals surface area contributed by atoms with Crippen molar-refractivity contribution in [1.82, 2.24) is 29.7 Å². The van der Waals surface area contributed by atoms with Crippen LogP contribution in [0.15, 0.2) is 10.9 Å². The maximum Gasteiger partial charge on any atom is 0.291 e. The second kappa shape index (κ2) is 9.38. The van der Waals surface area contributed by atoms with Crippen molar-refractivity contribution in [2.24, 2.45) is 5.92 Å². The number of carbonyl (C=O) groups excluding carboxylic acids is 2. The minimum absolute atomic E-state index is 0.0441. The molecule has 2 amide bonds. The van der Waals surface area contributed by atoms with Gasteiger partial charge in [0.05, 0.1) is 11.2 Å². The first-order valence-electron chi connectivity index (χ1n) is 13.1. The van der Waals surface area contributed by atoms with E-state index >= 15 is 0 Å². The Balaban J connectivity index is 1.55. The third-order valence-electron chi connectivity index (χ3n) is 7.61. The molecule has 1 saturated carbocycles. The molecule has 5 rings (SSSR count). The first kappa shape index (κ1) is 24.5. The molecule has 1 unspecified atom stereocenters. The molecule has 36 heavy (non-hydrogen) atoms. The second-order valence-corrected chi connectivity index (χ2v) is 10.9. The van der Waals surface area contributed by atoms with Gasteiger partial charge < -0.3 is 20.6 Å². The predicted octanol–water partition coefficient (Wildman–Crippen LogP) is 1.82. The summed E-state index contributed by atoms with van der Waals surface area (Å²) in [5, 5.41) is 21.8. The van der Waals surface area contributed by atoms with Crippen LogP contribution in [-0.4, -0.2) is 67.2 Å². The molecule has 10 heteroatoms. The van der Waals surface area contributed by atoms with E-state index in [1.54, 1.807) is 23.6 Å². The number of rotatable bonds is 6. The molecule has 1 spiro atoms. The Hall–Kier alpha value is -3.14. The van der Waals surface area contributed by atoms with Crippen LogP contribution >= 0.6 is 0 Å². The smallest absolute Gasteiger partial charge is 0.291 e. The molecular weight excluding hydrogens is 460 g/mol. The summed E-state index contributed by atoms with van der Waals surface area (Å²) in [5.41, 5.74) is 0.418. The summed E-state index contributed by atoms with van der Waals surface area (Å²) in [7, 11) is 0. The summed E-state index contributed by atoms with van der Waals surface area (Å²) in [6, 6.07) is 0.0441. The molecule has 1 aliphatic carbocycles. The van der Waals surface area contributed by atoms with Crippen molar-refractivity contribution < 1.29 is 14.7 Å². The molecule has 2 aliphatic heterocycles. The predicted molar refractivity (Wildman–Crippen MR) is 136 cm³/mol. The zero-order valence-electron chi connectivity index (χ0n) is 21.3. The molecule has 194 valence electrons. The lowest BCUT2D eigenvalue weighted by Crippen LogP contribution is -2.55. The standard InChI is InChI=1S/C26H36N6O4/c1-16(2)14-30-23-19(8-9-20(33)31-13-5-11-26(31)10-4-12-27-15-26)17(3)29-32(23)25(36)21(24(30)35)22(34)28-18-6-7-18/h8-9,16,18,27,35H,4-7,10-15H2,1-3H3,(H,28,34)/b9-8+. The number of aromatic nitrogens is 3. The fourth-order valence-corrected chi connectivity index (χ4v) is 5.70. The van der Waals surface area contributed by atoms with Gasteiger partial charge in [-0.3, -0.25) is 19.0 Å². The lowest BCUT2D eigenvalue weighted by molar-refractivity contribution is -0.130. The molecule has 0 bridgehead atoms. The van der Waals surface area contributed by atoms with Crippen molar-refractivity contribution in [3.05, 3.63) is 33.3 Å². The van der Waals surface area contributed by atoms with Gasteiger partial charge in [0.25, 0.3) is 11.5 Å². The zero-order valence-corrected chi connectivity index (χ0v) is 21.3. The third-order valence-corrected chi connectivity index (χ3v) is 7.61. The molecule has 10 nitrogen and oxygen atoms in total. The summed E-state index contributed by atoms with van der Waals surface area (Å²) in [4.78, 5) is 41.4. The summed E-state index contributed by atoms with van der Waals surface area (Å²) < 4.78 is 2.76. The molecule has 1 atom stereocenters. The maximum atomic E-state index is 13.3. The van der Waals surface area contributed by atoms with Crippen LogP contribution in [0.3, 0.4) is 0 Å². The van der Waals surface area contributed by atoms with Crippen molar-refractivity contribution in [2.75, 3.05) is 19.6 Å². The van der Waals surface area contributed by atoms with E-state index in [2.05, 4.69) is 15.7 Å². The van der Waals surface area contributed by atoms with Crippen molar-refractivity contribution in [2.45, 2.75) is 77.4 Å². The van der Waals surface area contributed by atoms with Gasteiger partial charge in [0.1, 0.15) is 5.65 Å². The van der Waals surface area contributed by atoms with E-state index in [4.69, 9.17) is 0 Å². The Morgan fingerprint density at radius 3 is 2.69 bits per heavy atom. The van der Waals surface area contributed by atoms with Crippen LogP contribution < -0.4 is 16.2 Å². The number of likely N-dealkylation sites (tertiary alicyclic amines) is 1. The van der Waals surface area contributed by atoms with Crippen LogP contribution in [0.25, 0.3) is 11.7 Å². The van der Waals surface area contributed by atoms with Crippen LogP contribution in [0.1, 0.15) is 74.0 Å². The lowest BCUT2D eigenvalue weighted by atomic mass is 9.87. The van der Waals surface area contributed by atoms with Crippen molar-refractivity contribution in [1.29, 1.82) is 0 Å². The highest BCUT2D eigenvalue weighted by atomic mass is 16.3. The van der Waals surface area contributed by atoms with Gasteiger partial charge in [0, 0.05) is 37.3 Å². The lowest BCUT2D eigenvalue weighted by Gasteiger charge is -2.41. The monoisotopic (exact) mass is 496 g/mol. The van der Waals surface area contributed by atoms with Gasteiger partial charge in [0.2, 0.25) is 11.8 Å². The SMILES string of the molecule is Cc1nn2c(=O)c(C(=O)NC3CC3)c(O)n(CC(C)C)c2c1/C=C/C(=O)N1CCCC12CCCNC2. The Morgan fingerprint density at radius 2 is 2.03 bits per heavy atom. The Bertz CT molecular complexity index is 1280. The molecule has 2 saturated heterocycles. The number of nitrogens with one attached hydrogen (secondary N) is 2. The highest BCUT2D eigenvalue weighted by Gasteiger charge is 2.43. The van der Waals surface area contributed by atoms with E-state index in [1.165, 1.54) is 4.52 Å². The van der Waals surface area contributed by atoms with Gasteiger partial charge in [-0.2, -0.15) is 9.61 Å². The summed E-state index contributed by atoms with van der Waals surface area (Å²) in [5.74, 6) is -0.886. The van der Waals surface area contributed by atoms with Crippen LogP contribution in [0.4, 0.5) is 0 Å².